The van der Waals surface area contributed by atoms with Gasteiger partial charge in [-0.15, -0.1) is 0 Å². The lowest BCUT2D eigenvalue weighted by atomic mass is 9.99. The van der Waals surface area contributed by atoms with Gasteiger partial charge in [-0.05, 0) is 61.8 Å². The van der Waals surface area contributed by atoms with Gasteiger partial charge in [-0.2, -0.15) is 0 Å². The van der Waals surface area contributed by atoms with Crippen molar-refractivity contribution in [2.75, 3.05) is 13.2 Å². The summed E-state index contributed by atoms with van der Waals surface area (Å²) in [6, 6.07) is 9.38. The van der Waals surface area contributed by atoms with E-state index in [2.05, 4.69) is 50.4 Å². The van der Waals surface area contributed by atoms with Crippen molar-refractivity contribution < 1.29 is 4.74 Å². The maximum absolute atomic E-state index is 5.93. The lowest BCUT2D eigenvalue weighted by Crippen LogP contribution is -2.32. The van der Waals surface area contributed by atoms with Crippen molar-refractivity contribution in [2.45, 2.75) is 64.8 Å². The molecule has 0 aliphatic heterocycles. The van der Waals surface area contributed by atoms with Gasteiger partial charge in [-0.25, -0.2) is 0 Å². The van der Waals surface area contributed by atoms with Crippen LogP contribution in [-0.2, 0) is 0 Å². The Kier molecular flexibility index (Phi) is 6.56. The molecule has 3 atom stereocenters. The molecule has 1 aromatic carbocycles. The molecule has 0 saturated heterocycles. The smallest absolute Gasteiger partial charge is 0.119 e. The average molecular weight is 289 g/mol. The molecule has 118 valence electrons. The summed E-state index contributed by atoms with van der Waals surface area (Å²) < 4.78 is 5.93. The topological polar surface area (TPSA) is 21.3 Å². The number of hydrogen-bond acceptors (Lipinski definition) is 2. The van der Waals surface area contributed by atoms with Crippen molar-refractivity contribution in [2.24, 2.45) is 5.92 Å². The van der Waals surface area contributed by atoms with Gasteiger partial charge in [0.05, 0.1) is 6.61 Å². The predicted molar refractivity (Wildman–Crippen MR) is 90.1 cm³/mol. The van der Waals surface area contributed by atoms with Gasteiger partial charge in [-0.3, -0.25) is 0 Å². The van der Waals surface area contributed by atoms with Crippen LogP contribution in [0, 0.1) is 5.92 Å². The highest BCUT2D eigenvalue weighted by molar-refractivity contribution is 5.29. The van der Waals surface area contributed by atoms with E-state index in [1.807, 2.05) is 0 Å². The molecule has 0 heterocycles. The number of rotatable bonds is 8. The van der Waals surface area contributed by atoms with E-state index in [9.17, 15) is 0 Å². The second kappa shape index (κ2) is 8.43. The SMILES string of the molecule is CCNC1CCCC1CCOc1ccc(C(C)CC)cc1. The first-order valence-electron chi connectivity index (χ1n) is 8.70. The molecule has 1 saturated carbocycles. The molecular weight excluding hydrogens is 258 g/mol. The van der Waals surface area contributed by atoms with Crippen LogP contribution in [0.5, 0.6) is 5.75 Å². The Morgan fingerprint density at radius 3 is 2.62 bits per heavy atom. The normalized spacial score (nSPS) is 23.2. The fourth-order valence-corrected chi connectivity index (χ4v) is 3.37. The van der Waals surface area contributed by atoms with Gasteiger partial charge in [0, 0.05) is 6.04 Å². The van der Waals surface area contributed by atoms with Gasteiger partial charge in [0.2, 0.25) is 0 Å². The van der Waals surface area contributed by atoms with E-state index >= 15 is 0 Å². The summed E-state index contributed by atoms with van der Waals surface area (Å²) in [5, 5.41) is 3.61. The van der Waals surface area contributed by atoms with Crippen molar-refractivity contribution in [3.8, 4) is 5.75 Å². The molecule has 1 aliphatic rings. The predicted octanol–water partition coefficient (Wildman–Crippen LogP) is 4.75. The highest BCUT2D eigenvalue weighted by Gasteiger charge is 2.25. The third-order valence-electron chi connectivity index (χ3n) is 4.94. The van der Waals surface area contributed by atoms with Gasteiger partial charge >= 0.3 is 0 Å². The highest BCUT2D eigenvalue weighted by Crippen LogP contribution is 2.28. The van der Waals surface area contributed by atoms with Gasteiger partial charge in [0.25, 0.3) is 0 Å². The first kappa shape index (κ1) is 16.4. The second-order valence-corrected chi connectivity index (χ2v) is 6.37. The van der Waals surface area contributed by atoms with Crippen molar-refractivity contribution >= 4 is 0 Å². The Morgan fingerprint density at radius 2 is 1.95 bits per heavy atom. The van der Waals surface area contributed by atoms with Crippen LogP contribution in [-0.4, -0.2) is 19.2 Å². The van der Waals surface area contributed by atoms with Crippen molar-refractivity contribution in [3.05, 3.63) is 29.8 Å². The summed E-state index contributed by atoms with van der Waals surface area (Å²) >= 11 is 0. The van der Waals surface area contributed by atoms with Crippen LogP contribution >= 0.6 is 0 Å². The van der Waals surface area contributed by atoms with Crippen LogP contribution in [0.15, 0.2) is 24.3 Å². The van der Waals surface area contributed by atoms with Gasteiger partial charge in [0.15, 0.2) is 0 Å². The van der Waals surface area contributed by atoms with Gasteiger partial charge in [-0.1, -0.05) is 39.3 Å². The zero-order valence-corrected chi connectivity index (χ0v) is 13.9. The van der Waals surface area contributed by atoms with Crippen LogP contribution in [0.4, 0.5) is 0 Å². The second-order valence-electron chi connectivity index (χ2n) is 6.37. The Hall–Kier alpha value is -1.02. The molecule has 0 amide bonds. The lowest BCUT2D eigenvalue weighted by molar-refractivity contribution is 0.261. The molecule has 2 heteroatoms. The molecule has 0 spiro atoms. The van der Waals surface area contributed by atoms with Crippen LogP contribution in [0.2, 0.25) is 0 Å². The molecule has 21 heavy (non-hydrogen) atoms. The fourth-order valence-electron chi connectivity index (χ4n) is 3.37. The third-order valence-corrected chi connectivity index (χ3v) is 4.94. The minimum Gasteiger partial charge on any atom is -0.494 e. The molecule has 0 bridgehead atoms. The van der Waals surface area contributed by atoms with E-state index in [1.165, 1.54) is 37.7 Å². The van der Waals surface area contributed by atoms with Gasteiger partial charge in [0.1, 0.15) is 5.75 Å². The van der Waals surface area contributed by atoms with Crippen LogP contribution in [0.1, 0.15) is 64.4 Å². The maximum Gasteiger partial charge on any atom is 0.119 e. The third kappa shape index (κ3) is 4.74. The average Bonchev–Trinajstić information content (AvgIpc) is 2.95. The Bertz CT molecular complexity index is 401. The first-order valence-corrected chi connectivity index (χ1v) is 8.70. The van der Waals surface area contributed by atoms with E-state index < -0.39 is 0 Å². The minimum atomic E-state index is 0.637. The molecule has 3 unspecified atom stereocenters. The zero-order chi connectivity index (χ0) is 15.1. The van der Waals surface area contributed by atoms with E-state index in [1.54, 1.807) is 0 Å². The Labute approximate surface area is 130 Å². The van der Waals surface area contributed by atoms with E-state index in [4.69, 9.17) is 4.74 Å². The lowest BCUT2D eigenvalue weighted by Gasteiger charge is -2.20. The molecule has 1 fully saturated rings. The molecule has 2 rings (SSSR count). The summed E-state index contributed by atoms with van der Waals surface area (Å²) in [5.41, 5.74) is 1.41. The minimum absolute atomic E-state index is 0.637. The number of nitrogens with one attached hydrogen (secondary N) is 1. The number of ether oxygens (including phenoxy) is 1. The Morgan fingerprint density at radius 1 is 1.19 bits per heavy atom. The van der Waals surface area contributed by atoms with E-state index in [0.717, 1.165) is 24.8 Å². The summed E-state index contributed by atoms with van der Waals surface area (Å²) in [6.07, 6.45) is 6.42. The first-order chi connectivity index (χ1) is 10.2. The maximum atomic E-state index is 5.93. The van der Waals surface area contributed by atoms with Crippen molar-refractivity contribution in [1.29, 1.82) is 0 Å². The fraction of sp³-hybridized carbons (Fsp3) is 0.684. The van der Waals surface area contributed by atoms with Crippen molar-refractivity contribution in [1.82, 2.24) is 5.32 Å². The summed E-state index contributed by atoms with van der Waals surface area (Å²) in [4.78, 5) is 0. The molecule has 1 aliphatic carbocycles. The molecule has 1 N–H and O–H groups in total. The molecule has 2 nitrogen and oxygen atoms in total. The molecule has 0 aromatic heterocycles. The Balaban J connectivity index is 1.75. The highest BCUT2D eigenvalue weighted by atomic mass is 16.5. The van der Waals surface area contributed by atoms with Crippen LogP contribution in [0.25, 0.3) is 0 Å². The summed E-state index contributed by atoms with van der Waals surface area (Å²) in [5.74, 6) is 2.45. The number of hydrogen-bond donors (Lipinski definition) is 1. The quantitative estimate of drug-likeness (QED) is 0.746. The summed E-state index contributed by atoms with van der Waals surface area (Å²) in [7, 11) is 0. The standard InChI is InChI=1S/C19H31NO/c1-4-15(3)16-9-11-18(12-10-16)21-14-13-17-7-6-8-19(17)20-5-2/h9-12,15,17,19-20H,4-8,13-14H2,1-3H3. The monoisotopic (exact) mass is 289 g/mol. The van der Waals surface area contributed by atoms with E-state index in [-0.39, 0.29) is 0 Å². The molecular formula is C19H31NO. The largest absolute Gasteiger partial charge is 0.494 e. The zero-order valence-electron chi connectivity index (χ0n) is 13.9. The molecule has 0 radical (unpaired) electrons. The van der Waals surface area contributed by atoms with Crippen molar-refractivity contribution in [3.63, 3.8) is 0 Å². The summed E-state index contributed by atoms with van der Waals surface area (Å²) in [6.45, 7) is 8.63. The van der Waals surface area contributed by atoms with E-state index in [0.29, 0.717) is 12.0 Å². The van der Waals surface area contributed by atoms with Crippen LogP contribution in [0.3, 0.4) is 0 Å². The van der Waals surface area contributed by atoms with Crippen LogP contribution < -0.4 is 10.1 Å². The number of benzene rings is 1. The van der Waals surface area contributed by atoms with Gasteiger partial charge < -0.3 is 10.1 Å². The molecule has 1 aromatic rings.